The molecule has 2 N–H and O–H groups in total. The topological polar surface area (TPSA) is 107 Å². The van der Waals surface area contributed by atoms with Gasteiger partial charge in [0, 0.05) is 11.1 Å². The van der Waals surface area contributed by atoms with Crippen molar-refractivity contribution in [2.45, 2.75) is 6.54 Å². The van der Waals surface area contributed by atoms with Crippen molar-refractivity contribution in [2.75, 3.05) is 12.1 Å². The van der Waals surface area contributed by atoms with Crippen molar-refractivity contribution in [1.29, 1.82) is 0 Å². The van der Waals surface area contributed by atoms with E-state index >= 15 is 0 Å². The zero-order valence-corrected chi connectivity index (χ0v) is 15.5. The van der Waals surface area contributed by atoms with Crippen LogP contribution in [0.25, 0.3) is 11.3 Å². The van der Waals surface area contributed by atoms with Crippen molar-refractivity contribution < 1.29 is 18.7 Å². The van der Waals surface area contributed by atoms with Crippen molar-refractivity contribution >= 4 is 11.9 Å². The number of H-pyrrole nitrogens is 1. The number of anilines is 1. The molecule has 0 unspecified atom stereocenters. The molecule has 0 atom stereocenters. The molecule has 10 heteroatoms. The van der Waals surface area contributed by atoms with Gasteiger partial charge < -0.3 is 9.47 Å². The van der Waals surface area contributed by atoms with E-state index in [1.807, 2.05) is 6.07 Å². The normalized spacial score (nSPS) is 12.2. The quantitative estimate of drug-likeness (QED) is 0.528. The molecule has 2 aromatic carbocycles. The Balaban J connectivity index is 1.27. The molecule has 0 bridgehead atoms. The van der Waals surface area contributed by atoms with Crippen LogP contribution in [0, 0.1) is 5.82 Å². The second-order valence-corrected chi connectivity index (χ2v) is 6.55. The van der Waals surface area contributed by atoms with Gasteiger partial charge in [0.2, 0.25) is 12.7 Å². The molecule has 150 valence electrons. The summed E-state index contributed by atoms with van der Waals surface area (Å²) in [6.07, 6.45) is 1.42. The maximum Gasteiger partial charge on any atom is 0.276 e. The fraction of sp³-hybridized carbons (Fsp3) is 0.100. The molecule has 0 saturated heterocycles. The lowest BCUT2D eigenvalue weighted by atomic mass is 10.1. The van der Waals surface area contributed by atoms with E-state index in [4.69, 9.17) is 9.47 Å². The van der Waals surface area contributed by atoms with Crippen molar-refractivity contribution in [1.82, 2.24) is 25.0 Å². The summed E-state index contributed by atoms with van der Waals surface area (Å²) in [5.41, 5.74) is 2.08. The fourth-order valence-electron chi connectivity index (χ4n) is 3.04. The molecule has 0 fully saturated rings. The third-order valence-electron chi connectivity index (χ3n) is 4.54. The first-order valence-corrected chi connectivity index (χ1v) is 9.05. The first kappa shape index (κ1) is 17.9. The molecule has 1 amide bonds. The smallest absolute Gasteiger partial charge is 0.276 e. The predicted molar refractivity (Wildman–Crippen MR) is 104 cm³/mol. The molecule has 1 aliphatic rings. The highest BCUT2D eigenvalue weighted by atomic mass is 19.1. The van der Waals surface area contributed by atoms with E-state index in [9.17, 15) is 9.18 Å². The summed E-state index contributed by atoms with van der Waals surface area (Å²) in [6.45, 7) is 0.386. The molecule has 0 aliphatic carbocycles. The van der Waals surface area contributed by atoms with Gasteiger partial charge in [-0.15, -0.1) is 5.10 Å². The van der Waals surface area contributed by atoms with Gasteiger partial charge in [-0.25, -0.2) is 14.1 Å². The van der Waals surface area contributed by atoms with Gasteiger partial charge in [-0.1, -0.05) is 18.2 Å². The van der Waals surface area contributed by atoms with Gasteiger partial charge in [0.05, 0.1) is 12.2 Å². The van der Waals surface area contributed by atoms with Crippen LogP contribution in [0.15, 0.2) is 54.9 Å². The van der Waals surface area contributed by atoms with Crippen LogP contribution in [0.5, 0.6) is 11.5 Å². The Kier molecular flexibility index (Phi) is 4.36. The predicted octanol–water partition coefficient (Wildman–Crippen LogP) is 2.84. The SMILES string of the molecule is O=C(Nc1ncn(Cc2ccccc2F)n1)c1cc(-c2ccc3c(c2)OCO3)n[nH]1. The molecule has 4 aromatic rings. The van der Waals surface area contributed by atoms with Gasteiger partial charge in [-0.3, -0.25) is 15.2 Å². The second kappa shape index (κ2) is 7.32. The second-order valence-electron chi connectivity index (χ2n) is 6.55. The van der Waals surface area contributed by atoms with E-state index in [0.717, 1.165) is 5.56 Å². The first-order valence-electron chi connectivity index (χ1n) is 9.05. The largest absolute Gasteiger partial charge is 0.454 e. The lowest BCUT2D eigenvalue weighted by Gasteiger charge is -2.02. The van der Waals surface area contributed by atoms with E-state index in [1.54, 1.807) is 36.4 Å². The zero-order chi connectivity index (χ0) is 20.5. The lowest BCUT2D eigenvalue weighted by molar-refractivity contribution is 0.102. The van der Waals surface area contributed by atoms with Crippen LogP contribution >= 0.6 is 0 Å². The number of nitrogens with one attached hydrogen (secondary N) is 2. The Morgan fingerprint density at radius 1 is 1.17 bits per heavy atom. The minimum absolute atomic E-state index is 0.107. The number of aromatic nitrogens is 5. The van der Waals surface area contributed by atoms with Gasteiger partial charge in [0.1, 0.15) is 17.8 Å². The van der Waals surface area contributed by atoms with Crippen LogP contribution in [0.2, 0.25) is 0 Å². The molecular weight excluding hydrogens is 391 g/mol. The van der Waals surface area contributed by atoms with Gasteiger partial charge in [0.25, 0.3) is 5.91 Å². The summed E-state index contributed by atoms with van der Waals surface area (Å²) in [5, 5.41) is 13.6. The van der Waals surface area contributed by atoms with Crippen LogP contribution in [0.3, 0.4) is 0 Å². The number of benzene rings is 2. The third kappa shape index (κ3) is 3.46. The highest BCUT2D eigenvalue weighted by molar-refractivity contribution is 6.02. The average molecular weight is 406 g/mol. The number of rotatable bonds is 5. The highest BCUT2D eigenvalue weighted by Gasteiger charge is 2.17. The van der Waals surface area contributed by atoms with Crippen LogP contribution < -0.4 is 14.8 Å². The molecule has 9 nitrogen and oxygen atoms in total. The Hall–Kier alpha value is -4.21. The monoisotopic (exact) mass is 406 g/mol. The first-order chi connectivity index (χ1) is 14.7. The lowest BCUT2D eigenvalue weighted by Crippen LogP contribution is -2.14. The minimum Gasteiger partial charge on any atom is -0.454 e. The van der Waals surface area contributed by atoms with Crippen LogP contribution in [-0.4, -0.2) is 37.7 Å². The van der Waals surface area contributed by atoms with E-state index in [2.05, 4.69) is 25.6 Å². The van der Waals surface area contributed by atoms with Gasteiger partial charge in [-0.2, -0.15) is 5.10 Å². The van der Waals surface area contributed by atoms with Crippen LogP contribution in [0.1, 0.15) is 16.1 Å². The number of nitrogens with zero attached hydrogens (tertiary/aromatic N) is 4. The molecule has 2 aromatic heterocycles. The average Bonchev–Trinajstić information content (AvgIpc) is 3.50. The van der Waals surface area contributed by atoms with E-state index in [-0.39, 0.29) is 30.8 Å². The zero-order valence-electron chi connectivity index (χ0n) is 15.5. The number of fused-ring (bicyclic) bond motifs is 1. The number of carbonyl (C=O) groups is 1. The summed E-state index contributed by atoms with van der Waals surface area (Å²) < 4.78 is 25.9. The molecule has 3 heterocycles. The number of aromatic amines is 1. The number of amides is 1. The number of carbonyl (C=O) groups excluding carboxylic acids is 1. The summed E-state index contributed by atoms with van der Waals surface area (Å²) >= 11 is 0. The third-order valence-corrected chi connectivity index (χ3v) is 4.54. The highest BCUT2D eigenvalue weighted by Crippen LogP contribution is 2.35. The number of hydrogen-bond acceptors (Lipinski definition) is 6. The van der Waals surface area contributed by atoms with Crippen molar-refractivity contribution in [3.05, 3.63) is 71.9 Å². The van der Waals surface area contributed by atoms with Crippen molar-refractivity contribution in [2.24, 2.45) is 0 Å². The summed E-state index contributed by atoms with van der Waals surface area (Å²) in [4.78, 5) is 16.5. The summed E-state index contributed by atoms with van der Waals surface area (Å²) in [5.74, 6) is 0.635. The van der Waals surface area contributed by atoms with Gasteiger partial charge in [-0.05, 0) is 30.3 Å². The van der Waals surface area contributed by atoms with Crippen molar-refractivity contribution in [3.63, 3.8) is 0 Å². The number of ether oxygens (including phenoxy) is 2. The molecule has 0 spiro atoms. The summed E-state index contributed by atoms with van der Waals surface area (Å²) in [7, 11) is 0. The van der Waals surface area contributed by atoms with Crippen LogP contribution in [-0.2, 0) is 6.54 Å². The number of hydrogen-bond donors (Lipinski definition) is 2. The molecule has 0 saturated carbocycles. The molecule has 5 rings (SSSR count). The van der Waals surface area contributed by atoms with E-state index in [1.165, 1.54) is 17.1 Å². The maximum atomic E-state index is 13.8. The van der Waals surface area contributed by atoms with Crippen LogP contribution in [0.4, 0.5) is 10.3 Å². The molecule has 0 radical (unpaired) electrons. The minimum atomic E-state index is -0.446. The standard InChI is InChI=1S/C20H15FN6O3/c21-14-4-2-1-3-13(14)9-27-10-22-20(26-27)23-19(28)16-8-15(24-25-16)12-5-6-17-18(7-12)30-11-29-17/h1-8,10H,9,11H2,(H,24,25)(H,23,26,28). The molecule has 30 heavy (non-hydrogen) atoms. The van der Waals surface area contributed by atoms with Gasteiger partial charge >= 0.3 is 0 Å². The van der Waals surface area contributed by atoms with E-state index < -0.39 is 5.91 Å². The van der Waals surface area contributed by atoms with Crippen molar-refractivity contribution in [3.8, 4) is 22.8 Å². The maximum absolute atomic E-state index is 13.8. The van der Waals surface area contributed by atoms with E-state index in [0.29, 0.717) is 22.8 Å². The Labute approximate surface area is 169 Å². The number of halogens is 1. The Morgan fingerprint density at radius 3 is 2.93 bits per heavy atom. The molecular formula is C20H15FN6O3. The fourth-order valence-corrected chi connectivity index (χ4v) is 3.04. The summed E-state index contributed by atoms with van der Waals surface area (Å²) in [6, 6.07) is 13.4. The Morgan fingerprint density at radius 2 is 2.03 bits per heavy atom. The van der Waals surface area contributed by atoms with Gasteiger partial charge in [0.15, 0.2) is 11.5 Å². The molecule has 1 aliphatic heterocycles. The Bertz CT molecular complexity index is 1230.